The molecule has 106 valence electrons. The Bertz CT molecular complexity index is 529. The number of ether oxygens (including phenoxy) is 1. The summed E-state index contributed by atoms with van der Waals surface area (Å²) in [5.74, 6) is 1.49. The molecule has 5 heteroatoms. The van der Waals surface area contributed by atoms with E-state index in [4.69, 9.17) is 9.84 Å². The maximum Gasteiger partial charge on any atom is 0.144 e. The second-order valence-corrected chi connectivity index (χ2v) is 4.41. The molecule has 0 amide bonds. The Hall–Kier alpha value is -2.14. The molecule has 0 bridgehead atoms. The fraction of sp³-hybridized carbons (Fsp3) is 0.333. The van der Waals surface area contributed by atoms with E-state index in [1.807, 2.05) is 24.3 Å². The van der Waals surface area contributed by atoms with Crippen LogP contribution in [-0.2, 0) is 13.2 Å². The zero-order valence-electron chi connectivity index (χ0n) is 11.5. The topological polar surface area (TPSA) is 67.3 Å². The summed E-state index contributed by atoms with van der Waals surface area (Å²) >= 11 is 0. The van der Waals surface area contributed by atoms with Crippen LogP contribution in [0, 0.1) is 0 Å². The van der Waals surface area contributed by atoms with Crippen molar-refractivity contribution in [2.24, 2.45) is 0 Å². The molecule has 20 heavy (non-hydrogen) atoms. The Labute approximate surface area is 118 Å². The van der Waals surface area contributed by atoms with E-state index in [1.165, 1.54) is 0 Å². The number of hydrogen-bond acceptors (Lipinski definition) is 5. The van der Waals surface area contributed by atoms with Crippen LogP contribution in [0.4, 0.5) is 5.82 Å². The van der Waals surface area contributed by atoms with Gasteiger partial charge in [0.25, 0.3) is 0 Å². The van der Waals surface area contributed by atoms with Gasteiger partial charge < -0.3 is 15.2 Å². The van der Waals surface area contributed by atoms with Gasteiger partial charge in [0.05, 0.1) is 24.7 Å². The molecule has 0 saturated heterocycles. The van der Waals surface area contributed by atoms with E-state index in [2.05, 4.69) is 22.2 Å². The van der Waals surface area contributed by atoms with Crippen LogP contribution in [0.1, 0.15) is 24.6 Å². The van der Waals surface area contributed by atoms with Crippen LogP contribution in [0.15, 0.2) is 36.7 Å². The second kappa shape index (κ2) is 7.45. The van der Waals surface area contributed by atoms with Crippen molar-refractivity contribution in [2.75, 3.05) is 11.9 Å². The summed E-state index contributed by atoms with van der Waals surface area (Å²) in [6.07, 6.45) is 4.46. The molecule has 0 spiro atoms. The molecule has 1 aromatic heterocycles. The summed E-state index contributed by atoms with van der Waals surface area (Å²) in [7, 11) is 0. The number of aliphatic hydroxyl groups excluding tert-OH is 1. The predicted molar refractivity (Wildman–Crippen MR) is 77.5 cm³/mol. The van der Waals surface area contributed by atoms with Gasteiger partial charge >= 0.3 is 0 Å². The number of rotatable bonds is 7. The number of benzene rings is 1. The van der Waals surface area contributed by atoms with Gasteiger partial charge in [-0.05, 0) is 24.1 Å². The molecule has 2 aromatic rings. The number of aliphatic hydroxyl groups is 1. The SMILES string of the molecule is CCCNc1cnc(COc2cccc(CO)c2)cn1. The zero-order valence-corrected chi connectivity index (χ0v) is 11.5. The van der Waals surface area contributed by atoms with Crippen molar-refractivity contribution in [3.05, 3.63) is 47.9 Å². The highest BCUT2D eigenvalue weighted by atomic mass is 16.5. The van der Waals surface area contributed by atoms with E-state index in [-0.39, 0.29) is 6.61 Å². The van der Waals surface area contributed by atoms with Crippen LogP contribution >= 0.6 is 0 Å². The van der Waals surface area contributed by atoms with Gasteiger partial charge in [0.2, 0.25) is 0 Å². The van der Waals surface area contributed by atoms with Crippen LogP contribution in [0.2, 0.25) is 0 Å². The lowest BCUT2D eigenvalue weighted by atomic mass is 10.2. The molecule has 0 aliphatic rings. The van der Waals surface area contributed by atoms with Gasteiger partial charge in [0.15, 0.2) is 0 Å². The van der Waals surface area contributed by atoms with E-state index >= 15 is 0 Å². The van der Waals surface area contributed by atoms with Crippen LogP contribution in [-0.4, -0.2) is 21.6 Å². The van der Waals surface area contributed by atoms with E-state index < -0.39 is 0 Å². The van der Waals surface area contributed by atoms with Crippen molar-refractivity contribution >= 4 is 5.82 Å². The van der Waals surface area contributed by atoms with Gasteiger partial charge in [0.1, 0.15) is 18.2 Å². The smallest absolute Gasteiger partial charge is 0.144 e. The number of hydrogen-bond donors (Lipinski definition) is 2. The van der Waals surface area contributed by atoms with Crippen LogP contribution < -0.4 is 10.1 Å². The average molecular weight is 273 g/mol. The minimum absolute atomic E-state index is 0.00873. The lowest BCUT2D eigenvalue weighted by Crippen LogP contribution is -2.04. The Balaban J connectivity index is 1.89. The maximum absolute atomic E-state index is 9.06. The van der Waals surface area contributed by atoms with E-state index in [9.17, 15) is 0 Å². The largest absolute Gasteiger partial charge is 0.487 e. The number of aromatic nitrogens is 2. The fourth-order valence-electron chi connectivity index (χ4n) is 1.66. The third kappa shape index (κ3) is 4.20. The van der Waals surface area contributed by atoms with Crippen molar-refractivity contribution in [3.8, 4) is 5.75 Å². The molecular formula is C15H19N3O2. The van der Waals surface area contributed by atoms with Gasteiger partial charge in [-0.2, -0.15) is 0 Å². The molecule has 0 aliphatic heterocycles. The Morgan fingerprint density at radius 2 is 2.15 bits per heavy atom. The average Bonchev–Trinajstić information content (AvgIpc) is 2.52. The van der Waals surface area contributed by atoms with Crippen molar-refractivity contribution in [2.45, 2.75) is 26.6 Å². The van der Waals surface area contributed by atoms with Crippen molar-refractivity contribution in [3.63, 3.8) is 0 Å². The standard InChI is InChI=1S/C15H19N3O2/c1-2-6-16-15-9-17-13(8-18-15)11-20-14-5-3-4-12(7-14)10-19/h3-5,7-9,19H,2,6,10-11H2,1H3,(H,16,18). The first-order chi connectivity index (χ1) is 9.81. The summed E-state index contributed by atoms with van der Waals surface area (Å²) in [4.78, 5) is 8.56. The van der Waals surface area contributed by atoms with Crippen molar-refractivity contribution < 1.29 is 9.84 Å². The quantitative estimate of drug-likeness (QED) is 0.810. The summed E-state index contributed by atoms with van der Waals surface area (Å²) < 4.78 is 5.62. The van der Waals surface area contributed by atoms with Gasteiger partial charge in [-0.15, -0.1) is 0 Å². The molecule has 0 saturated carbocycles. The number of nitrogens with one attached hydrogen (secondary N) is 1. The first-order valence-corrected chi connectivity index (χ1v) is 6.69. The minimum atomic E-state index is 0.00873. The molecule has 0 unspecified atom stereocenters. The van der Waals surface area contributed by atoms with Crippen molar-refractivity contribution in [1.29, 1.82) is 0 Å². The summed E-state index contributed by atoms with van der Waals surface area (Å²) in [5, 5.41) is 12.2. The molecule has 1 heterocycles. The first kappa shape index (κ1) is 14.3. The molecular weight excluding hydrogens is 254 g/mol. The van der Waals surface area contributed by atoms with Crippen LogP contribution in [0.25, 0.3) is 0 Å². The first-order valence-electron chi connectivity index (χ1n) is 6.69. The summed E-state index contributed by atoms with van der Waals surface area (Å²) in [6.45, 7) is 3.35. The molecule has 2 rings (SSSR count). The Morgan fingerprint density at radius 3 is 2.85 bits per heavy atom. The predicted octanol–water partition coefficient (Wildman–Crippen LogP) is 2.37. The minimum Gasteiger partial charge on any atom is -0.487 e. The Kier molecular flexibility index (Phi) is 5.32. The summed E-state index contributed by atoms with van der Waals surface area (Å²) in [6, 6.07) is 7.36. The third-order valence-electron chi connectivity index (χ3n) is 2.73. The molecule has 2 N–H and O–H groups in total. The monoisotopic (exact) mass is 273 g/mol. The third-order valence-corrected chi connectivity index (χ3v) is 2.73. The molecule has 0 radical (unpaired) electrons. The van der Waals surface area contributed by atoms with E-state index in [0.717, 1.165) is 30.0 Å². The summed E-state index contributed by atoms with van der Waals surface area (Å²) in [5.41, 5.74) is 1.59. The Morgan fingerprint density at radius 1 is 1.25 bits per heavy atom. The van der Waals surface area contributed by atoms with Crippen LogP contribution in [0.3, 0.4) is 0 Å². The van der Waals surface area contributed by atoms with Gasteiger partial charge in [-0.25, -0.2) is 4.98 Å². The highest BCUT2D eigenvalue weighted by Crippen LogP contribution is 2.14. The van der Waals surface area contributed by atoms with Gasteiger partial charge in [0, 0.05) is 6.54 Å². The highest BCUT2D eigenvalue weighted by molar-refractivity contribution is 5.31. The molecule has 0 fully saturated rings. The molecule has 1 aromatic carbocycles. The fourth-order valence-corrected chi connectivity index (χ4v) is 1.66. The number of anilines is 1. The highest BCUT2D eigenvalue weighted by Gasteiger charge is 2.00. The van der Waals surface area contributed by atoms with Gasteiger partial charge in [-0.3, -0.25) is 4.98 Å². The van der Waals surface area contributed by atoms with Crippen LogP contribution in [0.5, 0.6) is 5.75 Å². The lowest BCUT2D eigenvalue weighted by molar-refractivity contribution is 0.277. The molecule has 0 atom stereocenters. The van der Waals surface area contributed by atoms with Crippen molar-refractivity contribution in [1.82, 2.24) is 9.97 Å². The zero-order chi connectivity index (χ0) is 14.2. The normalized spacial score (nSPS) is 10.3. The molecule has 5 nitrogen and oxygen atoms in total. The maximum atomic E-state index is 9.06. The lowest BCUT2D eigenvalue weighted by Gasteiger charge is -2.07. The second-order valence-electron chi connectivity index (χ2n) is 4.41. The van der Waals surface area contributed by atoms with Gasteiger partial charge in [-0.1, -0.05) is 19.1 Å². The molecule has 0 aliphatic carbocycles. The van der Waals surface area contributed by atoms with E-state index in [0.29, 0.717) is 12.4 Å². The van der Waals surface area contributed by atoms with E-state index in [1.54, 1.807) is 12.4 Å². The number of nitrogens with zero attached hydrogens (tertiary/aromatic N) is 2.